The molecule has 1 aromatic carbocycles. The normalized spacial score (nSPS) is 12.1. The van der Waals surface area contributed by atoms with Crippen LogP contribution in [0.25, 0.3) is 0 Å². The number of nitrogens with two attached hydrogens (primary N) is 1. The van der Waals surface area contributed by atoms with E-state index in [9.17, 15) is 4.79 Å². The lowest BCUT2D eigenvalue weighted by Gasteiger charge is -2.09. The predicted molar refractivity (Wildman–Crippen MR) is 67.6 cm³/mol. The summed E-state index contributed by atoms with van der Waals surface area (Å²) in [4.78, 5) is 15.5. The zero-order valence-corrected chi connectivity index (χ0v) is 10.6. The minimum absolute atomic E-state index is 0.0776. The Hall–Kier alpha value is -2.21. The lowest BCUT2D eigenvalue weighted by molar-refractivity contribution is 0.0508. The summed E-state index contributed by atoms with van der Waals surface area (Å²) in [6, 6.07) is 9.56. The van der Waals surface area contributed by atoms with Gasteiger partial charge < -0.3 is 15.0 Å². The quantitative estimate of drug-likeness (QED) is 0.816. The van der Waals surface area contributed by atoms with E-state index in [1.54, 1.807) is 6.92 Å². The lowest BCUT2D eigenvalue weighted by atomic mass is 9.99. The van der Waals surface area contributed by atoms with Gasteiger partial charge in [0.1, 0.15) is 0 Å². The van der Waals surface area contributed by atoms with E-state index in [1.807, 2.05) is 30.3 Å². The summed E-state index contributed by atoms with van der Waals surface area (Å²) in [6.07, 6.45) is 0. The van der Waals surface area contributed by atoms with Crippen LogP contribution in [0.15, 0.2) is 34.9 Å². The molecule has 0 spiro atoms. The van der Waals surface area contributed by atoms with Gasteiger partial charge >= 0.3 is 5.97 Å². The van der Waals surface area contributed by atoms with Crippen molar-refractivity contribution >= 4 is 5.97 Å². The zero-order valence-electron chi connectivity index (χ0n) is 10.6. The number of hydrogen-bond donors (Lipinski definition) is 1. The van der Waals surface area contributed by atoms with Crippen LogP contribution in [0.1, 0.15) is 34.9 Å². The average molecular weight is 261 g/mol. The van der Waals surface area contributed by atoms with Gasteiger partial charge in [0.2, 0.25) is 5.89 Å². The highest BCUT2D eigenvalue weighted by molar-refractivity contribution is 5.84. The third kappa shape index (κ3) is 2.97. The summed E-state index contributed by atoms with van der Waals surface area (Å²) in [5.41, 5.74) is 6.70. The van der Waals surface area contributed by atoms with E-state index in [-0.39, 0.29) is 18.3 Å². The van der Waals surface area contributed by atoms with Crippen LogP contribution in [0.2, 0.25) is 0 Å². The molecule has 19 heavy (non-hydrogen) atoms. The molecule has 2 N–H and O–H groups in total. The third-order valence-corrected chi connectivity index (χ3v) is 2.64. The highest BCUT2D eigenvalue weighted by atomic mass is 16.5. The summed E-state index contributed by atoms with van der Waals surface area (Å²) in [5, 5.41) is 3.61. The minimum atomic E-state index is -0.596. The first-order valence-corrected chi connectivity index (χ1v) is 6.02. The van der Waals surface area contributed by atoms with Gasteiger partial charge in [-0.2, -0.15) is 4.98 Å². The fraction of sp³-hybridized carbons (Fsp3) is 0.308. The van der Waals surface area contributed by atoms with E-state index in [2.05, 4.69) is 10.1 Å². The van der Waals surface area contributed by atoms with Gasteiger partial charge in [0.05, 0.1) is 12.5 Å². The Balaban J connectivity index is 2.23. The maximum Gasteiger partial charge on any atom is 0.379 e. The fourth-order valence-corrected chi connectivity index (χ4v) is 1.72. The highest BCUT2D eigenvalue weighted by Gasteiger charge is 2.22. The molecule has 6 heteroatoms. The van der Waals surface area contributed by atoms with E-state index in [4.69, 9.17) is 15.0 Å². The Morgan fingerprint density at radius 1 is 1.42 bits per heavy atom. The topological polar surface area (TPSA) is 91.2 Å². The van der Waals surface area contributed by atoms with Crippen molar-refractivity contribution in [1.29, 1.82) is 0 Å². The van der Waals surface area contributed by atoms with Gasteiger partial charge in [-0.15, -0.1) is 0 Å². The second-order valence-corrected chi connectivity index (χ2v) is 3.88. The molecule has 1 atom stereocenters. The maximum atomic E-state index is 11.5. The summed E-state index contributed by atoms with van der Waals surface area (Å²) < 4.78 is 9.90. The van der Waals surface area contributed by atoms with Gasteiger partial charge in [-0.25, -0.2) is 4.79 Å². The average Bonchev–Trinajstić information content (AvgIpc) is 2.91. The monoisotopic (exact) mass is 261 g/mol. The Bertz CT molecular complexity index is 539. The second-order valence-electron chi connectivity index (χ2n) is 3.88. The predicted octanol–water partition coefficient (Wildman–Crippen LogP) is 1.34. The molecule has 0 aliphatic rings. The van der Waals surface area contributed by atoms with Crippen LogP contribution in [0.3, 0.4) is 0 Å². The standard InChI is InChI=1S/C13H15N3O3/c1-2-18-13(17)11-15-12(19-16-11)10(8-14)9-6-4-3-5-7-9/h3-7,10H,2,8,14H2,1H3. The SMILES string of the molecule is CCOC(=O)c1noc(C(CN)c2ccccc2)n1. The summed E-state index contributed by atoms with van der Waals surface area (Å²) in [5.74, 6) is -0.582. The van der Waals surface area contributed by atoms with Gasteiger partial charge in [0, 0.05) is 6.54 Å². The first-order valence-electron chi connectivity index (χ1n) is 6.02. The van der Waals surface area contributed by atoms with E-state index >= 15 is 0 Å². The third-order valence-electron chi connectivity index (χ3n) is 2.64. The van der Waals surface area contributed by atoms with E-state index in [0.717, 1.165) is 5.56 Å². The lowest BCUT2D eigenvalue weighted by Crippen LogP contribution is -2.14. The van der Waals surface area contributed by atoms with Gasteiger partial charge in [-0.05, 0) is 17.6 Å². The molecule has 0 saturated heterocycles. The van der Waals surface area contributed by atoms with Crippen molar-refractivity contribution in [1.82, 2.24) is 10.1 Å². The molecular weight excluding hydrogens is 246 g/mol. The Morgan fingerprint density at radius 3 is 2.79 bits per heavy atom. The number of nitrogens with zero attached hydrogens (tertiary/aromatic N) is 2. The molecule has 1 unspecified atom stereocenters. The molecule has 6 nitrogen and oxygen atoms in total. The summed E-state index contributed by atoms with van der Waals surface area (Å²) >= 11 is 0. The Morgan fingerprint density at radius 2 is 2.16 bits per heavy atom. The van der Waals surface area contributed by atoms with Crippen molar-refractivity contribution in [3.8, 4) is 0 Å². The zero-order chi connectivity index (χ0) is 13.7. The molecule has 0 aliphatic heterocycles. The number of hydrogen-bond acceptors (Lipinski definition) is 6. The molecule has 0 radical (unpaired) electrons. The molecule has 1 heterocycles. The molecule has 0 amide bonds. The van der Waals surface area contributed by atoms with E-state index in [0.29, 0.717) is 12.4 Å². The van der Waals surface area contributed by atoms with Crippen LogP contribution < -0.4 is 5.73 Å². The number of carbonyl (C=O) groups excluding carboxylic acids is 1. The van der Waals surface area contributed by atoms with Crippen molar-refractivity contribution in [2.45, 2.75) is 12.8 Å². The van der Waals surface area contributed by atoms with Crippen LogP contribution in [0.4, 0.5) is 0 Å². The van der Waals surface area contributed by atoms with Crippen LogP contribution in [0, 0.1) is 0 Å². The van der Waals surface area contributed by atoms with Crippen LogP contribution >= 0.6 is 0 Å². The molecule has 0 aliphatic carbocycles. The van der Waals surface area contributed by atoms with Crippen LogP contribution in [0.5, 0.6) is 0 Å². The molecule has 1 aromatic heterocycles. The molecular formula is C13H15N3O3. The van der Waals surface area contributed by atoms with Gasteiger partial charge in [-0.1, -0.05) is 30.3 Å². The van der Waals surface area contributed by atoms with Crippen molar-refractivity contribution in [3.05, 3.63) is 47.6 Å². The van der Waals surface area contributed by atoms with Crippen LogP contribution in [-0.2, 0) is 4.74 Å². The number of aromatic nitrogens is 2. The number of ether oxygens (including phenoxy) is 1. The molecule has 100 valence electrons. The molecule has 0 bridgehead atoms. The first kappa shape index (κ1) is 13.2. The Kier molecular flexibility index (Phi) is 4.25. The highest BCUT2D eigenvalue weighted by Crippen LogP contribution is 2.21. The van der Waals surface area contributed by atoms with Gasteiger partial charge in [0.15, 0.2) is 0 Å². The van der Waals surface area contributed by atoms with E-state index < -0.39 is 5.97 Å². The summed E-state index contributed by atoms with van der Waals surface area (Å²) in [7, 11) is 0. The largest absolute Gasteiger partial charge is 0.460 e. The van der Waals surface area contributed by atoms with Gasteiger partial charge in [-0.3, -0.25) is 0 Å². The second kappa shape index (κ2) is 6.10. The summed E-state index contributed by atoms with van der Waals surface area (Å²) in [6.45, 7) is 2.29. The maximum absolute atomic E-state index is 11.5. The minimum Gasteiger partial charge on any atom is -0.460 e. The van der Waals surface area contributed by atoms with Crippen molar-refractivity contribution in [3.63, 3.8) is 0 Å². The number of rotatable bonds is 5. The number of benzene rings is 1. The van der Waals surface area contributed by atoms with Crippen LogP contribution in [-0.4, -0.2) is 29.3 Å². The fourth-order valence-electron chi connectivity index (χ4n) is 1.72. The molecule has 0 fully saturated rings. The van der Waals surface area contributed by atoms with Crippen molar-refractivity contribution in [2.75, 3.05) is 13.2 Å². The molecule has 0 saturated carbocycles. The number of esters is 1. The first-order chi connectivity index (χ1) is 9.26. The van der Waals surface area contributed by atoms with Crippen molar-refractivity contribution in [2.24, 2.45) is 5.73 Å². The molecule has 2 aromatic rings. The smallest absolute Gasteiger partial charge is 0.379 e. The van der Waals surface area contributed by atoms with E-state index in [1.165, 1.54) is 0 Å². The van der Waals surface area contributed by atoms with Gasteiger partial charge in [0.25, 0.3) is 5.82 Å². The van der Waals surface area contributed by atoms with Crippen molar-refractivity contribution < 1.29 is 14.1 Å². The Labute approximate surface area is 110 Å². The number of carbonyl (C=O) groups is 1. The molecule has 2 rings (SSSR count).